The summed E-state index contributed by atoms with van der Waals surface area (Å²) in [7, 11) is 1.61. The fraction of sp³-hybridized carbons (Fsp3) is 0.846. The minimum Gasteiger partial charge on any atom is -0.382 e. The van der Waals surface area contributed by atoms with E-state index in [0.717, 1.165) is 0 Å². The molecule has 0 aromatic rings. The molecular weight excluding hydrogens is 248 g/mol. The van der Waals surface area contributed by atoms with Gasteiger partial charge in [0.15, 0.2) is 0 Å². The van der Waals surface area contributed by atoms with Gasteiger partial charge in [0.1, 0.15) is 11.6 Å². The molecule has 1 rings (SSSR count). The lowest BCUT2D eigenvalue weighted by Gasteiger charge is -2.45. The number of carbonyl (C=O) groups excluding carboxylic acids is 2. The van der Waals surface area contributed by atoms with E-state index in [1.807, 2.05) is 6.92 Å². The number of rotatable bonds is 7. The third-order valence-electron chi connectivity index (χ3n) is 3.65. The lowest BCUT2D eigenvalue weighted by molar-refractivity contribution is -0.157. The average molecular weight is 272 g/mol. The zero-order valence-electron chi connectivity index (χ0n) is 12.2. The lowest BCUT2D eigenvalue weighted by atomic mass is 9.91. The van der Waals surface area contributed by atoms with Crippen molar-refractivity contribution in [3.05, 3.63) is 0 Å². The molecule has 2 atom stereocenters. The molecule has 2 unspecified atom stereocenters. The van der Waals surface area contributed by atoms with Crippen LogP contribution in [0.25, 0.3) is 0 Å². The molecule has 0 aromatic heterocycles. The van der Waals surface area contributed by atoms with Crippen LogP contribution >= 0.6 is 0 Å². The quantitative estimate of drug-likeness (QED) is 0.671. The van der Waals surface area contributed by atoms with Gasteiger partial charge in [-0.1, -0.05) is 6.92 Å². The van der Waals surface area contributed by atoms with Crippen LogP contribution in [0.5, 0.6) is 0 Å². The molecule has 110 valence electrons. The normalized spacial score (nSPS) is 27.6. The second-order valence-electron chi connectivity index (χ2n) is 4.92. The Labute approximate surface area is 114 Å². The predicted molar refractivity (Wildman–Crippen MR) is 70.7 cm³/mol. The van der Waals surface area contributed by atoms with Crippen LogP contribution < -0.4 is 5.32 Å². The minimum absolute atomic E-state index is 0.0562. The molecule has 2 amide bonds. The van der Waals surface area contributed by atoms with Crippen LogP contribution in [0.3, 0.4) is 0 Å². The first-order valence-electron chi connectivity index (χ1n) is 6.66. The van der Waals surface area contributed by atoms with E-state index in [2.05, 4.69) is 5.32 Å². The maximum atomic E-state index is 12.2. The number of nitrogens with one attached hydrogen (secondary N) is 1. The van der Waals surface area contributed by atoms with Crippen LogP contribution in [-0.4, -0.2) is 61.8 Å². The molecule has 1 aliphatic heterocycles. The maximum Gasteiger partial charge on any atom is 0.246 e. The first-order chi connectivity index (χ1) is 8.97. The average Bonchev–Trinajstić information content (AvgIpc) is 2.39. The summed E-state index contributed by atoms with van der Waals surface area (Å²) in [6, 6.07) is -0.467. The Balaban J connectivity index is 2.63. The lowest BCUT2D eigenvalue weighted by Crippen LogP contribution is -2.69. The van der Waals surface area contributed by atoms with Crippen LogP contribution in [0.15, 0.2) is 0 Å². The van der Waals surface area contributed by atoms with Crippen molar-refractivity contribution >= 4 is 11.8 Å². The molecular formula is C13H24N2O4. The topological polar surface area (TPSA) is 67.9 Å². The van der Waals surface area contributed by atoms with Crippen molar-refractivity contribution in [2.75, 3.05) is 33.5 Å². The van der Waals surface area contributed by atoms with Gasteiger partial charge in [0.05, 0.1) is 19.8 Å². The second kappa shape index (κ2) is 6.86. The molecule has 6 nitrogen and oxygen atoms in total. The summed E-state index contributed by atoms with van der Waals surface area (Å²) in [5, 5.41) is 2.72. The third kappa shape index (κ3) is 3.45. The summed E-state index contributed by atoms with van der Waals surface area (Å²) >= 11 is 0. The van der Waals surface area contributed by atoms with Crippen molar-refractivity contribution < 1.29 is 19.1 Å². The number of piperazine rings is 1. The summed E-state index contributed by atoms with van der Waals surface area (Å²) in [6.45, 7) is 7.24. The Morgan fingerprint density at radius 3 is 2.58 bits per heavy atom. The van der Waals surface area contributed by atoms with Crippen LogP contribution in [-0.2, 0) is 19.1 Å². The fourth-order valence-electron chi connectivity index (χ4n) is 2.12. The van der Waals surface area contributed by atoms with Gasteiger partial charge in [-0.05, 0) is 20.3 Å². The molecule has 0 radical (unpaired) electrons. The minimum atomic E-state index is -0.784. The van der Waals surface area contributed by atoms with E-state index in [-0.39, 0.29) is 11.8 Å². The van der Waals surface area contributed by atoms with Gasteiger partial charge in [0, 0.05) is 13.7 Å². The second-order valence-corrected chi connectivity index (χ2v) is 4.92. The molecule has 0 aromatic carbocycles. The Hall–Kier alpha value is -1.14. The molecule has 1 N–H and O–H groups in total. The summed E-state index contributed by atoms with van der Waals surface area (Å²) in [4.78, 5) is 25.9. The monoisotopic (exact) mass is 272 g/mol. The number of carbonyl (C=O) groups is 2. The first-order valence-corrected chi connectivity index (χ1v) is 6.66. The third-order valence-corrected chi connectivity index (χ3v) is 3.65. The highest BCUT2D eigenvalue weighted by atomic mass is 16.5. The van der Waals surface area contributed by atoms with Crippen molar-refractivity contribution in [2.45, 2.75) is 38.8 Å². The van der Waals surface area contributed by atoms with Gasteiger partial charge in [-0.25, -0.2) is 0 Å². The van der Waals surface area contributed by atoms with Crippen LogP contribution in [0.2, 0.25) is 0 Å². The zero-order chi connectivity index (χ0) is 14.5. The van der Waals surface area contributed by atoms with Gasteiger partial charge in [-0.3, -0.25) is 9.59 Å². The molecule has 1 fully saturated rings. The van der Waals surface area contributed by atoms with E-state index in [4.69, 9.17) is 9.47 Å². The summed E-state index contributed by atoms with van der Waals surface area (Å²) < 4.78 is 10.3. The van der Waals surface area contributed by atoms with Crippen molar-refractivity contribution in [1.82, 2.24) is 10.2 Å². The van der Waals surface area contributed by atoms with Gasteiger partial charge < -0.3 is 19.7 Å². The van der Waals surface area contributed by atoms with Crippen molar-refractivity contribution in [1.29, 1.82) is 0 Å². The van der Waals surface area contributed by atoms with E-state index in [0.29, 0.717) is 32.8 Å². The van der Waals surface area contributed by atoms with Gasteiger partial charge in [-0.2, -0.15) is 0 Å². The van der Waals surface area contributed by atoms with Crippen LogP contribution in [0, 0.1) is 0 Å². The van der Waals surface area contributed by atoms with Crippen molar-refractivity contribution in [2.24, 2.45) is 0 Å². The standard InChI is InChI=1S/C13H24N2O4/c1-5-13(3)12(17)14-10(2)11(16)15(13)6-7-19-9-8-18-4/h10H,5-9H2,1-4H3,(H,14,17). The van der Waals surface area contributed by atoms with Crippen molar-refractivity contribution in [3.8, 4) is 0 Å². The number of hydrogen-bond donors (Lipinski definition) is 1. The predicted octanol–water partition coefficient (Wildman–Crippen LogP) is 0.165. The highest BCUT2D eigenvalue weighted by Gasteiger charge is 2.46. The molecule has 1 saturated heterocycles. The van der Waals surface area contributed by atoms with E-state index in [1.54, 1.807) is 25.9 Å². The number of methoxy groups -OCH3 is 1. The van der Waals surface area contributed by atoms with Gasteiger partial charge >= 0.3 is 0 Å². The Kier molecular flexibility index (Phi) is 5.75. The van der Waals surface area contributed by atoms with Gasteiger partial charge in [0.25, 0.3) is 0 Å². The molecule has 0 saturated carbocycles. The van der Waals surface area contributed by atoms with Gasteiger partial charge in [0.2, 0.25) is 11.8 Å². The molecule has 0 aliphatic carbocycles. The Morgan fingerprint density at radius 2 is 2.00 bits per heavy atom. The number of nitrogens with zero attached hydrogens (tertiary/aromatic N) is 1. The van der Waals surface area contributed by atoms with Crippen LogP contribution in [0.4, 0.5) is 0 Å². The molecule has 0 bridgehead atoms. The molecule has 19 heavy (non-hydrogen) atoms. The fourth-order valence-corrected chi connectivity index (χ4v) is 2.12. The molecule has 1 aliphatic rings. The smallest absolute Gasteiger partial charge is 0.246 e. The van der Waals surface area contributed by atoms with E-state index < -0.39 is 11.6 Å². The highest BCUT2D eigenvalue weighted by molar-refractivity contribution is 5.99. The molecule has 0 spiro atoms. The number of amides is 2. The Morgan fingerprint density at radius 1 is 1.32 bits per heavy atom. The largest absolute Gasteiger partial charge is 0.382 e. The number of ether oxygens (including phenoxy) is 2. The van der Waals surface area contributed by atoms with E-state index in [9.17, 15) is 9.59 Å². The molecule has 6 heteroatoms. The highest BCUT2D eigenvalue weighted by Crippen LogP contribution is 2.24. The summed E-state index contributed by atoms with van der Waals surface area (Å²) in [5.41, 5.74) is -0.784. The van der Waals surface area contributed by atoms with Crippen LogP contribution in [0.1, 0.15) is 27.2 Å². The van der Waals surface area contributed by atoms with E-state index >= 15 is 0 Å². The summed E-state index contributed by atoms with van der Waals surface area (Å²) in [6.07, 6.45) is 0.579. The number of hydrogen-bond acceptors (Lipinski definition) is 4. The summed E-state index contributed by atoms with van der Waals surface area (Å²) in [5.74, 6) is -0.154. The maximum absolute atomic E-state index is 12.2. The zero-order valence-corrected chi connectivity index (χ0v) is 12.2. The first kappa shape index (κ1) is 15.9. The van der Waals surface area contributed by atoms with Crippen molar-refractivity contribution in [3.63, 3.8) is 0 Å². The SMILES string of the molecule is CCC1(C)C(=O)NC(C)C(=O)N1CCOCCOC. The van der Waals surface area contributed by atoms with Gasteiger partial charge in [-0.15, -0.1) is 0 Å². The van der Waals surface area contributed by atoms with E-state index in [1.165, 1.54) is 0 Å². The Bertz CT molecular complexity index is 335. The molecule has 1 heterocycles.